The van der Waals surface area contributed by atoms with Crippen molar-refractivity contribution < 1.29 is 5.21 Å². The SMILES string of the molecule is On1ccc(=NC2CCCCC2)cc1. The van der Waals surface area contributed by atoms with E-state index in [0.29, 0.717) is 6.04 Å². The summed E-state index contributed by atoms with van der Waals surface area (Å²) in [6, 6.07) is 4.18. The van der Waals surface area contributed by atoms with Crippen LogP contribution in [0, 0.1) is 0 Å². The van der Waals surface area contributed by atoms with Gasteiger partial charge in [-0.25, -0.2) is 4.73 Å². The number of rotatable bonds is 1. The fraction of sp³-hybridized carbons (Fsp3) is 0.545. The molecule has 0 spiro atoms. The molecule has 76 valence electrons. The molecule has 0 saturated heterocycles. The Labute approximate surface area is 83.7 Å². The summed E-state index contributed by atoms with van der Waals surface area (Å²) in [6.07, 6.45) is 9.63. The van der Waals surface area contributed by atoms with Gasteiger partial charge in [0.2, 0.25) is 0 Å². The highest BCUT2D eigenvalue weighted by molar-refractivity contribution is 4.92. The number of aromatic nitrogens is 1. The highest BCUT2D eigenvalue weighted by atomic mass is 16.5. The van der Waals surface area contributed by atoms with E-state index in [-0.39, 0.29) is 0 Å². The molecule has 1 fully saturated rings. The number of nitrogens with zero attached hydrogens (tertiary/aromatic N) is 2. The van der Waals surface area contributed by atoms with Crippen molar-refractivity contribution in [3.63, 3.8) is 0 Å². The summed E-state index contributed by atoms with van der Waals surface area (Å²) in [5.41, 5.74) is 0. The van der Waals surface area contributed by atoms with Gasteiger partial charge in [0.15, 0.2) is 0 Å². The van der Waals surface area contributed by atoms with E-state index in [1.165, 1.54) is 32.1 Å². The quantitative estimate of drug-likeness (QED) is 0.678. The lowest BCUT2D eigenvalue weighted by atomic mass is 9.96. The van der Waals surface area contributed by atoms with E-state index in [0.717, 1.165) is 10.1 Å². The number of hydrogen-bond acceptors (Lipinski definition) is 2. The molecule has 1 N–H and O–H groups in total. The van der Waals surface area contributed by atoms with Gasteiger partial charge in [-0.05, 0) is 25.0 Å². The van der Waals surface area contributed by atoms with Gasteiger partial charge in [-0.1, -0.05) is 19.3 Å². The minimum absolute atomic E-state index is 0.498. The van der Waals surface area contributed by atoms with E-state index in [1.807, 2.05) is 12.1 Å². The Balaban J connectivity index is 2.12. The van der Waals surface area contributed by atoms with E-state index in [4.69, 9.17) is 5.21 Å². The highest BCUT2D eigenvalue weighted by Crippen LogP contribution is 2.19. The normalized spacial score (nSPS) is 18.0. The van der Waals surface area contributed by atoms with Crippen molar-refractivity contribution in [1.82, 2.24) is 4.73 Å². The van der Waals surface area contributed by atoms with Crippen molar-refractivity contribution in [2.24, 2.45) is 4.99 Å². The molecule has 1 heterocycles. The van der Waals surface area contributed by atoms with Crippen LogP contribution in [0.2, 0.25) is 0 Å². The molecule has 0 aromatic carbocycles. The zero-order chi connectivity index (χ0) is 9.80. The average Bonchev–Trinajstić information content (AvgIpc) is 2.23. The zero-order valence-corrected chi connectivity index (χ0v) is 8.26. The molecule has 14 heavy (non-hydrogen) atoms. The molecular formula is C11H16N2O. The van der Waals surface area contributed by atoms with Gasteiger partial charge in [0, 0.05) is 12.4 Å². The van der Waals surface area contributed by atoms with E-state index in [1.54, 1.807) is 12.4 Å². The van der Waals surface area contributed by atoms with Crippen LogP contribution in [-0.4, -0.2) is 16.0 Å². The molecule has 3 nitrogen and oxygen atoms in total. The molecule has 0 amide bonds. The van der Waals surface area contributed by atoms with Crippen LogP contribution in [0.5, 0.6) is 0 Å². The Kier molecular flexibility index (Phi) is 2.87. The topological polar surface area (TPSA) is 37.5 Å². The fourth-order valence-corrected chi connectivity index (χ4v) is 1.92. The second-order valence-corrected chi connectivity index (χ2v) is 3.86. The maximum absolute atomic E-state index is 9.04. The summed E-state index contributed by atoms with van der Waals surface area (Å²) < 4.78 is 1.04. The Morgan fingerprint density at radius 1 is 1.14 bits per heavy atom. The standard InChI is InChI=1S/C11H16N2O/c14-13-8-6-11(7-9-13)12-10-4-2-1-3-5-10/h6-10,14H,1-5H2. The summed E-state index contributed by atoms with van der Waals surface area (Å²) in [6.45, 7) is 0. The summed E-state index contributed by atoms with van der Waals surface area (Å²) in [4.78, 5) is 4.63. The monoisotopic (exact) mass is 192 g/mol. The molecule has 0 aliphatic heterocycles. The molecule has 0 bridgehead atoms. The van der Waals surface area contributed by atoms with Crippen LogP contribution in [-0.2, 0) is 0 Å². The van der Waals surface area contributed by atoms with Gasteiger partial charge >= 0.3 is 0 Å². The lowest BCUT2D eigenvalue weighted by Gasteiger charge is -2.17. The van der Waals surface area contributed by atoms with Gasteiger partial charge in [0.1, 0.15) is 0 Å². The molecule has 1 aromatic rings. The van der Waals surface area contributed by atoms with Crippen LogP contribution in [0.1, 0.15) is 32.1 Å². The van der Waals surface area contributed by atoms with E-state index >= 15 is 0 Å². The first-order valence-electron chi connectivity index (χ1n) is 5.26. The van der Waals surface area contributed by atoms with Gasteiger partial charge in [0.25, 0.3) is 0 Å². The maximum Gasteiger partial charge on any atom is 0.0609 e. The van der Waals surface area contributed by atoms with Gasteiger partial charge < -0.3 is 5.21 Å². The third-order valence-corrected chi connectivity index (χ3v) is 2.70. The van der Waals surface area contributed by atoms with Gasteiger partial charge in [-0.2, -0.15) is 0 Å². The first-order valence-corrected chi connectivity index (χ1v) is 5.26. The molecule has 0 unspecified atom stereocenters. The molecular weight excluding hydrogens is 176 g/mol. The zero-order valence-electron chi connectivity index (χ0n) is 8.26. The molecule has 3 heteroatoms. The third-order valence-electron chi connectivity index (χ3n) is 2.70. The Hall–Kier alpha value is -1.25. The highest BCUT2D eigenvalue weighted by Gasteiger charge is 2.10. The van der Waals surface area contributed by atoms with Crippen LogP contribution in [0.15, 0.2) is 29.5 Å². The Morgan fingerprint density at radius 2 is 1.79 bits per heavy atom. The largest absolute Gasteiger partial charge is 0.429 e. The smallest absolute Gasteiger partial charge is 0.0609 e. The molecule has 1 aromatic heterocycles. The first kappa shape index (κ1) is 9.31. The summed E-state index contributed by atoms with van der Waals surface area (Å²) in [5.74, 6) is 0. The lowest BCUT2D eigenvalue weighted by Crippen LogP contribution is -2.15. The molecule has 0 atom stereocenters. The predicted molar refractivity (Wildman–Crippen MR) is 54.1 cm³/mol. The summed E-state index contributed by atoms with van der Waals surface area (Å²) in [5, 5.41) is 10.0. The molecule has 1 saturated carbocycles. The van der Waals surface area contributed by atoms with Gasteiger partial charge in [-0.15, -0.1) is 0 Å². The van der Waals surface area contributed by atoms with E-state index in [2.05, 4.69) is 4.99 Å². The van der Waals surface area contributed by atoms with Crippen molar-refractivity contribution in [1.29, 1.82) is 0 Å². The van der Waals surface area contributed by atoms with Crippen molar-refractivity contribution >= 4 is 0 Å². The molecule has 1 aliphatic carbocycles. The summed E-state index contributed by atoms with van der Waals surface area (Å²) >= 11 is 0. The number of hydrogen-bond donors (Lipinski definition) is 1. The molecule has 2 rings (SSSR count). The van der Waals surface area contributed by atoms with Crippen molar-refractivity contribution in [2.75, 3.05) is 0 Å². The summed E-state index contributed by atoms with van der Waals surface area (Å²) in [7, 11) is 0. The van der Waals surface area contributed by atoms with Crippen molar-refractivity contribution in [2.45, 2.75) is 38.1 Å². The van der Waals surface area contributed by atoms with Crippen LogP contribution < -0.4 is 5.36 Å². The Morgan fingerprint density at radius 3 is 2.43 bits per heavy atom. The minimum Gasteiger partial charge on any atom is -0.429 e. The van der Waals surface area contributed by atoms with Gasteiger partial charge in [0.05, 0.1) is 11.4 Å². The van der Waals surface area contributed by atoms with Crippen LogP contribution in [0.25, 0.3) is 0 Å². The molecule has 0 radical (unpaired) electrons. The predicted octanol–water partition coefficient (Wildman–Crippen LogP) is 1.96. The molecule has 1 aliphatic rings. The first-order chi connectivity index (χ1) is 6.84. The van der Waals surface area contributed by atoms with Crippen LogP contribution in [0.4, 0.5) is 0 Å². The minimum atomic E-state index is 0.498. The second-order valence-electron chi connectivity index (χ2n) is 3.86. The van der Waals surface area contributed by atoms with Crippen LogP contribution >= 0.6 is 0 Å². The second kappa shape index (κ2) is 4.31. The fourth-order valence-electron chi connectivity index (χ4n) is 1.92. The Bertz CT molecular complexity index is 330. The van der Waals surface area contributed by atoms with Crippen LogP contribution in [0.3, 0.4) is 0 Å². The van der Waals surface area contributed by atoms with Crippen molar-refractivity contribution in [3.05, 3.63) is 29.9 Å². The van der Waals surface area contributed by atoms with Crippen molar-refractivity contribution in [3.8, 4) is 0 Å². The number of pyridine rings is 1. The third kappa shape index (κ3) is 2.37. The van der Waals surface area contributed by atoms with E-state index in [9.17, 15) is 0 Å². The maximum atomic E-state index is 9.04. The average molecular weight is 192 g/mol. The van der Waals surface area contributed by atoms with E-state index < -0.39 is 0 Å². The lowest BCUT2D eigenvalue weighted by molar-refractivity contribution is 0.184. The van der Waals surface area contributed by atoms with Gasteiger partial charge in [-0.3, -0.25) is 4.99 Å².